The average Bonchev–Trinajstić information content (AvgIpc) is 2.47. The van der Waals surface area contributed by atoms with Gasteiger partial charge in [-0.3, -0.25) is 4.79 Å². The maximum atomic E-state index is 10.8. The molecule has 21 heavy (non-hydrogen) atoms. The predicted molar refractivity (Wildman–Crippen MR) is 87.3 cm³/mol. The number of carbonyl (C=O) groups is 1. The van der Waals surface area contributed by atoms with Crippen molar-refractivity contribution in [2.45, 2.75) is 27.2 Å². The molecule has 1 aromatic carbocycles. The van der Waals surface area contributed by atoms with Crippen LogP contribution in [0.1, 0.15) is 43.1 Å². The van der Waals surface area contributed by atoms with Crippen molar-refractivity contribution in [3.05, 3.63) is 53.1 Å². The number of aldehydes is 1. The zero-order chi connectivity index (χ0) is 15.1. The second kappa shape index (κ2) is 4.96. The third-order valence-electron chi connectivity index (χ3n) is 5.08. The minimum atomic E-state index is 0.0395. The highest BCUT2D eigenvalue weighted by atomic mass is 16.1. The summed E-state index contributed by atoms with van der Waals surface area (Å²) in [5.74, 6) is 0. The van der Waals surface area contributed by atoms with Crippen LogP contribution in [0, 0.1) is 10.8 Å². The number of nitrogens with one attached hydrogen (secondary N) is 1. The Labute approximate surface area is 126 Å². The van der Waals surface area contributed by atoms with Gasteiger partial charge in [-0.1, -0.05) is 62.8 Å². The molecule has 0 fully saturated rings. The summed E-state index contributed by atoms with van der Waals surface area (Å²) in [6.45, 7) is 9.01. The Hall–Kier alpha value is -1.67. The number of fused-ring (bicyclic) bond motifs is 1. The summed E-state index contributed by atoms with van der Waals surface area (Å²) in [7, 11) is 0. The molecule has 0 amide bonds. The zero-order valence-electron chi connectivity index (χ0n) is 13.1. The first kappa shape index (κ1) is 14.3. The van der Waals surface area contributed by atoms with E-state index < -0.39 is 0 Å². The highest BCUT2D eigenvalue weighted by molar-refractivity contribution is 5.79. The fourth-order valence-corrected chi connectivity index (χ4v) is 4.00. The zero-order valence-corrected chi connectivity index (χ0v) is 13.1. The van der Waals surface area contributed by atoms with Crippen LogP contribution in [0.3, 0.4) is 0 Å². The molecule has 2 heteroatoms. The molecule has 2 nitrogen and oxygen atoms in total. The highest BCUT2D eigenvalue weighted by Crippen LogP contribution is 2.54. The largest absolute Gasteiger partial charge is 0.312 e. The van der Waals surface area contributed by atoms with E-state index in [0.29, 0.717) is 0 Å². The Morgan fingerprint density at radius 2 is 1.81 bits per heavy atom. The van der Waals surface area contributed by atoms with Crippen LogP contribution < -0.4 is 5.32 Å². The van der Waals surface area contributed by atoms with Crippen molar-refractivity contribution in [1.82, 2.24) is 5.32 Å². The Bertz CT molecular complexity index is 621. The van der Waals surface area contributed by atoms with Gasteiger partial charge in [0, 0.05) is 29.5 Å². The van der Waals surface area contributed by atoms with Crippen LogP contribution in [0.25, 0.3) is 5.57 Å². The van der Waals surface area contributed by atoms with Gasteiger partial charge in [0.2, 0.25) is 0 Å². The molecule has 1 heterocycles. The van der Waals surface area contributed by atoms with Crippen molar-refractivity contribution in [3.63, 3.8) is 0 Å². The topological polar surface area (TPSA) is 29.1 Å². The summed E-state index contributed by atoms with van der Waals surface area (Å²) in [5, 5.41) is 3.49. The van der Waals surface area contributed by atoms with E-state index in [1.165, 1.54) is 11.1 Å². The maximum absolute atomic E-state index is 10.8. The monoisotopic (exact) mass is 281 g/mol. The van der Waals surface area contributed by atoms with E-state index in [4.69, 9.17) is 0 Å². The number of hydrogen-bond acceptors (Lipinski definition) is 2. The molecule has 1 N–H and O–H groups in total. The maximum Gasteiger partial charge on any atom is 0.150 e. The molecule has 0 spiro atoms. The van der Waals surface area contributed by atoms with E-state index >= 15 is 0 Å². The normalized spacial score (nSPS) is 27.4. The number of hydrogen-bond donors (Lipinski definition) is 1. The summed E-state index contributed by atoms with van der Waals surface area (Å²) in [6.07, 6.45) is 6.73. The standard InChI is InChI=1S/C19H23NO/c1-18(2)16(15-6-4-14(12-21)5-7-15)8-10-19(3)13-20-11-9-17(18)19/h4-9,12,20H,10-11,13H2,1-3H3. The van der Waals surface area contributed by atoms with Crippen molar-refractivity contribution < 1.29 is 4.79 Å². The smallest absolute Gasteiger partial charge is 0.150 e. The van der Waals surface area contributed by atoms with Gasteiger partial charge in [0.25, 0.3) is 0 Å². The molecule has 1 unspecified atom stereocenters. The van der Waals surface area contributed by atoms with E-state index in [1.54, 1.807) is 5.57 Å². The van der Waals surface area contributed by atoms with Gasteiger partial charge in [-0.25, -0.2) is 0 Å². The minimum absolute atomic E-state index is 0.0395. The molecule has 2 aliphatic rings. The Balaban J connectivity index is 2.05. The van der Waals surface area contributed by atoms with Gasteiger partial charge in [-0.05, 0) is 17.6 Å². The molecule has 3 rings (SSSR count). The van der Waals surface area contributed by atoms with Gasteiger partial charge < -0.3 is 5.32 Å². The van der Waals surface area contributed by atoms with Crippen LogP contribution in [-0.2, 0) is 0 Å². The van der Waals surface area contributed by atoms with Crippen LogP contribution >= 0.6 is 0 Å². The van der Waals surface area contributed by atoms with Crippen molar-refractivity contribution in [2.24, 2.45) is 10.8 Å². The van der Waals surface area contributed by atoms with Gasteiger partial charge in [-0.2, -0.15) is 0 Å². The van der Waals surface area contributed by atoms with Crippen molar-refractivity contribution >= 4 is 11.9 Å². The number of rotatable bonds is 2. The molecule has 0 aromatic heterocycles. The van der Waals surface area contributed by atoms with Gasteiger partial charge >= 0.3 is 0 Å². The summed E-state index contributed by atoms with van der Waals surface area (Å²) >= 11 is 0. The molecular weight excluding hydrogens is 258 g/mol. The lowest BCUT2D eigenvalue weighted by atomic mass is 9.58. The van der Waals surface area contributed by atoms with E-state index in [-0.39, 0.29) is 10.8 Å². The van der Waals surface area contributed by atoms with E-state index in [2.05, 4.69) is 50.4 Å². The van der Waals surface area contributed by atoms with Gasteiger partial charge in [0.1, 0.15) is 6.29 Å². The number of benzene rings is 1. The molecule has 1 aliphatic heterocycles. The van der Waals surface area contributed by atoms with Gasteiger partial charge in [-0.15, -0.1) is 0 Å². The van der Waals surface area contributed by atoms with Gasteiger partial charge in [0.15, 0.2) is 0 Å². The molecule has 0 bridgehead atoms. The minimum Gasteiger partial charge on any atom is -0.312 e. The third kappa shape index (κ3) is 2.28. The quantitative estimate of drug-likeness (QED) is 0.659. The van der Waals surface area contributed by atoms with E-state index in [0.717, 1.165) is 31.4 Å². The van der Waals surface area contributed by atoms with Crippen LogP contribution in [0.5, 0.6) is 0 Å². The number of carbonyl (C=O) groups excluding carboxylic acids is 1. The molecule has 0 saturated carbocycles. The lowest BCUT2D eigenvalue weighted by Gasteiger charge is -2.48. The second-order valence-corrected chi connectivity index (χ2v) is 7.00. The number of allylic oxidation sites excluding steroid dienone is 2. The summed E-state index contributed by atoms with van der Waals surface area (Å²) in [4.78, 5) is 10.8. The molecule has 1 aromatic rings. The highest BCUT2D eigenvalue weighted by Gasteiger charge is 2.43. The first-order valence-corrected chi connectivity index (χ1v) is 7.65. The van der Waals surface area contributed by atoms with Crippen molar-refractivity contribution in [3.8, 4) is 0 Å². The molecular formula is C19H23NO. The lowest BCUT2D eigenvalue weighted by molar-refractivity contribution is 0.112. The third-order valence-corrected chi connectivity index (χ3v) is 5.08. The fourth-order valence-electron chi connectivity index (χ4n) is 4.00. The molecule has 110 valence electrons. The first-order chi connectivity index (χ1) is 9.97. The SMILES string of the molecule is CC12CC=C(c3ccc(C=O)cc3)C(C)(C)C1=CCNC2. The Morgan fingerprint density at radius 3 is 2.48 bits per heavy atom. The van der Waals surface area contributed by atoms with E-state index in [9.17, 15) is 4.79 Å². The molecule has 1 aliphatic carbocycles. The summed E-state index contributed by atoms with van der Waals surface area (Å²) in [6, 6.07) is 7.96. The second-order valence-electron chi connectivity index (χ2n) is 7.00. The fraction of sp³-hybridized carbons (Fsp3) is 0.421. The van der Waals surface area contributed by atoms with Crippen LogP contribution in [-0.4, -0.2) is 19.4 Å². The van der Waals surface area contributed by atoms with Gasteiger partial charge in [0.05, 0.1) is 0 Å². The Morgan fingerprint density at radius 1 is 1.10 bits per heavy atom. The summed E-state index contributed by atoms with van der Waals surface area (Å²) < 4.78 is 0. The Kier molecular flexibility index (Phi) is 3.37. The van der Waals surface area contributed by atoms with Crippen LogP contribution in [0.15, 0.2) is 42.0 Å². The van der Waals surface area contributed by atoms with Crippen molar-refractivity contribution in [1.29, 1.82) is 0 Å². The molecule has 1 atom stereocenters. The van der Waals surface area contributed by atoms with Crippen LogP contribution in [0.2, 0.25) is 0 Å². The lowest BCUT2D eigenvalue weighted by Crippen LogP contribution is -2.44. The van der Waals surface area contributed by atoms with Crippen molar-refractivity contribution in [2.75, 3.05) is 13.1 Å². The van der Waals surface area contributed by atoms with E-state index in [1.807, 2.05) is 12.1 Å². The first-order valence-electron chi connectivity index (χ1n) is 7.65. The predicted octanol–water partition coefficient (Wildman–Crippen LogP) is 3.85. The summed E-state index contributed by atoms with van der Waals surface area (Å²) in [5.41, 5.74) is 5.16. The molecule has 0 radical (unpaired) electrons. The molecule has 0 saturated heterocycles. The van der Waals surface area contributed by atoms with Crippen LogP contribution in [0.4, 0.5) is 0 Å². The average molecular weight is 281 g/mol.